The zero-order chi connectivity index (χ0) is 17.1. The average molecular weight is 349 g/mol. The summed E-state index contributed by atoms with van der Waals surface area (Å²) in [7, 11) is 1.66. The van der Waals surface area contributed by atoms with Crippen molar-refractivity contribution in [3.05, 3.63) is 46.3 Å². The summed E-state index contributed by atoms with van der Waals surface area (Å²) in [4.78, 5) is 14.7. The van der Waals surface area contributed by atoms with Gasteiger partial charge in [0.05, 0.1) is 19.2 Å². The van der Waals surface area contributed by atoms with Gasteiger partial charge in [-0.05, 0) is 55.5 Å². The highest BCUT2D eigenvalue weighted by molar-refractivity contribution is 6.29. The number of carbonyl (C=O) groups excluding carboxylic acids is 1. The number of carbonyl (C=O) groups is 1. The first-order chi connectivity index (χ1) is 11.6. The van der Waals surface area contributed by atoms with Crippen molar-refractivity contribution in [2.24, 2.45) is 0 Å². The third-order valence-electron chi connectivity index (χ3n) is 4.57. The summed E-state index contributed by atoms with van der Waals surface area (Å²) in [6.45, 7) is 2.59. The van der Waals surface area contributed by atoms with Crippen LogP contribution in [0, 0.1) is 6.92 Å². The van der Waals surface area contributed by atoms with Crippen LogP contribution in [0.15, 0.2) is 28.8 Å². The first kappa shape index (κ1) is 16.8. The molecule has 1 aromatic heterocycles. The SMILES string of the molecule is COc1cccc(CC2CCCN2C(=O)Cc2c(C)noc2Cl)c1. The van der Waals surface area contributed by atoms with Crippen molar-refractivity contribution in [2.75, 3.05) is 13.7 Å². The van der Waals surface area contributed by atoms with E-state index in [1.807, 2.05) is 23.1 Å². The van der Waals surface area contributed by atoms with Crippen LogP contribution in [0.25, 0.3) is 0 Å². The smallest absolute Gasteiger partial charge is 0.229 e. The number of methoxy groups -OCH3 is 1. The number of amides is 1. The fraction of sp³-hybridized carbons (Fsp3) is 0.444. The minimum Gasteiger partial charge on any atom is -0.497 e. The highest BCUT2D eigenvalue weighted by Crippen LogP contribution is 2.26. The maximum atomic E-state index is 12.7. The molecule has 2 aromatic rings. The summed E-state index contributed by atoms with van der Waals surface area (Å²) in [5.41, 5.74) is 2.55. The second-order valence-electron chi connectivity index (χ2n) is 6.14. The van der Waals surface area contributed by atoms with E-state index in [1.54, 1.807) is 14.0 Å². The number of benzene rings is 1. The lowest BCUT2D eigenvalue weighted by molar-refractivity contribution is -0.131. The Labute approximate surface area is 146 Å². The number of ether oxygens (including phenoxy) is 1. The number of aryl methyl sites for hydroxylation is 1. The molecule has 2 heterocycles. The van der Waals surface area contributed by atoms with Gasteiger partial charge in [0, 0.05) is 18.2 Å². The number of aromatic nitrogens is 1. The molecule has 1 aliphatic heterocycles. The van der Waals surface area contributed by atoms with E-state index in [2.05, 4.69) is 11.2 Å². The molecule has 6 heteroatoms. The van der Waals surface area contributed by atoms with Crippen molar-refractivity contribution in [2.45, 2.75) is 38.6 Å². The Morgan fingerprint density at radius 2 is 2.33 bits per heavy atom. The van der Waals surface area contributed by atoms with E-state index in [9.17, 15) is 4.79 Å². The number of likely N-dealkylation sites (tertiary alicyclic amines) is 1. The van der Waals surface area contributed by atoms with E-state index in [0.717, 1.165) is 31.6 Å². The molecule has 0 aliphatic carbocycles. The van der Waals surface area contributed by atoms with Crippen LogP contribution in [0.2, 0.25) is 5.22 Å². The molecule has 0 spiro atoms. The molecule has 24 heavy (non-hydrogen) atoms. The lowest BCUT2D eigenvalue weighted by atomic mass is 10.0. The third-order valence-corrected chi connectivity index (χ3v) is 4.86. The number of halogens is 1. The molecule has 128 valence electrons. The first-order valence-corrected chi connectivity index (χ1v) is 8.49. The Kier molecular flexibility index (Phi) is 5.09. The number of hydrogen-bond donors (Lipinski definition) is 0. The van der Waals surface area contributed by atoms with Gasteiger partial charge in [-0.1, -0.05) is 17.3 Å². The summed E-state index contributed by atoms with van der Waals surface area (Å²) < 4.78 is 10.2. The van der Waals surface area contributed by atoms with Gasteiger partial charge in [0.2, 0.25) is 11.1 Å². The maximum Gasteiger partial charge on any atom is 0.229 e. The second-order valence-corrected chi connectivity index (χ2v) is 6.48. The molecule has 1 atom stereocenters. The molecule has 1 unspecified atom stereocenters. The Morgan fingerprint density at radius 1 is 1.50 bits per heavy atom. The second kappa shape index (κ2) is 7.26. The zero-order valence-electron chi connectivity index (χ0n) is 13.9. The average Bonchev–Trinajstić information content (AvgIpc) is 3.16. The van der Waals surface area contributed by atoms with E-state index >= 15 is 0 Å². The number of nitrogens with zero attached hydrogens (tertiary/aromatic N) is 2. The lowest BCUT2D eigenvalue weighted by Gasteiger charge is -2.25. The standard InChI is InChI=1S/C18H21ClN2O3/c1-12-16(18(19)24-20-12)11-17(22)21-8-4-6-14(21)9-13-5-3-7-15(10-13)23-2/h3,5,7,10,14H,4,6,8-9,11H2,1-2H3. The van der Waals surface area contributed by atoms with Crippen LogP contribution < -0.4 is 4.74 Å². The van der Waals surface area contributed by atoms with Crippen LogP contribution in [0.5, 0.6) is 5.75 Å². The van der Waals surface area contributed by atoms with E-state index in [1.165, 1.54) is 5.56 Å². The quantitative estimate of drug-likeness (QED) is 0.830. The molecule has 1 saturated heterocycles. The van der Waals surface area contributed by atoms with E-state index < -0.39 is 0 Å². The molecule has 1 aromatic carbocycles. The van der Waals surface area contributed by atoms with Gasteiger partial charge < -0.3 is 14.2 Å². The van der Waals surface area contributed by atoms with Crippen LogP contribution in [0.3, 0.4) is 0 Å². The van der Waals surface area contributed by atoms with Crippen LogP contribution >= 0.6 is 11.6 Å². The van der Waals surface area contributed by atoms with Gasteiger partial charge in [-0.15, -0.1) is 0 Å². The fourth-order valence-electron chi connectivity index (χ4n) is 3.26. The Balaban J connectivity index is 1.69. The van der Waals surface area contributed by atoms with E-state index in [0.29, 0.717) is 11.3 Å². The van der Waals surface area contributed by atoms with Crippen LogP contribution in [0.4, 0.5) is 0 Å². The van der Waals surface area contributed by atoms with Gasteiger partial charge >= 0.3 is 0 Å². The minimum atomic E-state index is 0.0774. The monoisotopic (exact) mass is 348 g/mol. The molecule has 1 fully saturated rings. The van der Waals surface area contributed by atoms with Crippen molar-refractivity contribution in [1.29, 1.82) is 0 Å². The highest BCUT2D eigenvalue weighted by atomic mass is 35.5. The molecule has 0 bridgehead atoms. The normalized spacial score (nSPS) is 17.3. The molecular formula is C18H21ClN2O3. The molecule has 0 radical (unpaired) electrons. The van der Waals surface area contributed by atoms with Crippen LogP contribution in [-0.4, -0.2) is 35.7 Å². The largest absolute Gasteiger partial charge is 0.497 e. The molecule has 3 rings (SSSR count). The van der Waals surface area contributed by atoms with Gasteiger partial charge in [0.1, 0.15) is 5.75 Å². The van der Waals surface area contributed by atoms with Gasteiger partial charge in [-0.25, -0.2) is 0 Å². The molecular weight excluding hydrogens is 328 g/mol. The predicted octanol–water partition coefficient (Wildman–Crippen LogP) is 3.42. The summed E-state index contributed by atoms with van der Waals surface area (Å²) in [5, 5.41) is 4.02. The minimum absolute atomic E-state index is 0.0774. The van der Waals surface area contributed by atoms with Crippen molar-refractivity contribution in [3.8, 4) is 5.75 Å². The Bertz CT molecular complexity index is 709. The highest BCUT2D eigenvalue weighted by Gasteiger charge is 2.30. The maximum absolute atomic E-state index is 12.7. The van der Waals surface area contributed by atoms with Crippen molar-refractivity contribution in [1.82, 2.24) is 10.1 Å². The predicted molar refractivity (Wildman–Crippen MR) is 91.4 cm³/mol. The Hall–Kier alpha value is -2.01. The molecule has 1 aliphatic rings. The van der Waals surface area contributed by atoms with Gasteiger partial charge in [0.15, 0.2) is 0 Å². The molecule has 5 nitrogen and oxygen atoms in total. The molecule has 0 N–H and O–H groups in total. The number of rotatable bonds is 5. The summed E-state index contributed by atoms with van der Waals surface area (Å²) >= 11 is 5.98. The van der Waals surface area contributed by atoms with Gasteiger partial charge in [-0.3, -0.25) is 4.79 Å². The van der Waals surface area contributed by atoms with Crippen LogP contribution in [-0.2, 0) is 17.6 Å². The Morgan fingerprint density at radius 3 is 3.04 bits per heavy atom. The molecule has 0 saturated carbocycles. The number of hydrogen-bond acceptors (Lipinski definition) is 4. The van der Waals surface area contributed by atoms with E-state index in [4.69, 9.17) is 20.9 Å². The van der Waals surface area contributed by atoms with Crippen molar-refractivity contribution >= 4 is 17.5 Å². The van der Waals surface area contributed by atoms with Crippen LogP contribution in [0.1, 0.15) is 29.7 Å². The van der Waals surface area contributed by atoms with Gasteiger partial charge in [0.25, 0.3) is 0 Å². The van der Waals surface area contributed by atoms with Crippen molar-refractivity contribution < 1.29 is 14.1 Å². The van der Waals surface area contributed by atoms with E-state index in [-0.39, 0.29) is 23.6 Å². The lowest BCUT2D eigenvalue weighted by Crippen LogP contribution is -2.37. The first-order valence-electron chi connectivity index (χ1n) is 8.11. The summed E-state index contributed by atoms with van der Waals surface area (Å²) in [6.07, 6.45) is 3.11. The third kappa shape index (κ3) is 3.56. The topological polar surface area (TPSA) is 55.6 Å². The zero-order valence-corrected chi connectivity index (χ0v) is 14.7. The van der Waals surface area contributed by atoms with Gasteiger partial charge in [-0.2, -0.15) is 0 Å². The fourth-order valence-corrected chi connectivity index (χ4v) is 3.50. The summed E-state index contributed by atoms with van der Waals surface area (Å²) in [5.74, 6) is 0.920. The summed E-state index contributed by atoms with van der Waals surface area (Å²) in [6, 6.07) is 8.23. The van der Waals surface area contributed by atoms with Crippen molar-refractivity contribution in [3.63, 3.8) is 0 Å². The molecule has 1 amide bonds.